The van der Waals surface area contributed by atoms with Crippen LogP contribution in [0, 0.1) is 5.92 Å². The minimum Gasteiger partial charge on any atom is -0.497 e. The Morgan fingerprint density at radius 2 is 2.03 bits per heavy atom. The van der Waals surface area contributed by atoms with E-state index in [1.807, 2.05) is 38.1 Å². The van der Waals surface area contributed by atoms with Gasteiger partial charge >= 0.3 is 12.0 Å². The van der Waals surface area contributed by atoms with Gasteiger partial charge in [0.2, 0.25) is 0 Å². The van der Waals surface area contributed by atoms with Crippen LogP contribution >= 0.6 is 0 Å². The molecule has 1 aliphatic heterocycles. The predicted octanol–water partition coefficient (Wildman–Crippen LogP) is 2.66. The van der Waals surface area contributed by atoms with Crippen LogP contribution in [-0.4, -0.2) is 53.7 Å². The number of aromatic nitrogens is 2. The average molecular weight is 400 g/mol. The third kappa shape index (κ3) is 4.21. The second-order valence-corrected chi connectivity index (χ2v) is 7.22. The van der Waals surface area contributed by atoms with E-state index in [1.54, 1.807) is 18.3 Å². The van der Waals surface area contributed by atoms with E-state index in [0.29, 0.717) is 13.0 Å². The fraction of sp³-hybridized carbons (Fsp3) is 0.476. The molecule has 2 amide bonds. The first-order valence-electron chi connectivity index (χ1n) is 9.81. The van der Waals surface area contributed by atoms with Gasteiger partial charge in [0.05, 0.1) is 26.2 Å². The van der Waals surface area contributed by atoms with Gasteiger partial charge in [0.25, 0.3) is 0 Å². The third-order valence-corrected chi connectivity index (χ3v) is 5.56. The number of esters is 1. The van der Waals surface area contributed by atoms with E-state index in [9.17, 15) is 9.59 Å². The Morgan fingerprint density at radius 1 is 1.31 bits per heavy atom. The van der Waals surface area contributed by atoms with Gasteiger partial charge in [0.1, 0.15) is 17.8 Å². The summed E-state index contributed by atoms with van der Waals surface area (Å²) in [7, 11) is 2.95. The second kappa shape index (κ2) is 8.98. The van der Waals surface area contributed by atoms with Gasteiger partial charge in [-0.3, -0.25) is 0 Å². The van der Waals surface area contributed by atoms with E-state index < -0.39 is 12.0 Å². The summed E-state index contributed by atoms with van der Waals surface area (Å²) in [6.45, 7) is 4.40. The smallest absolute Gasteiger partial charge is 0.328 e. The van der Waals surface area contributed by atoms with Crippen LogP contribution < -0.4 is 10.1 Å². The van der Waals surface area contributed by atoms with Crippen molar-refractivity contribution < 1.29 is 19.1 Å². The Kier molecular flexibility index (Phi) is 6.41. The van der Waals surface area contributed by atoms with Crippen molar-refractivity contribution in [3.8, 4) is 5.75 Å². The normalized spacial score (nSPS) is 17.8. The lowest BCUT2D eigenvalue weighted by Crippen LogP contribution is -2.53. The third-order valence-electron chi connectivity index (χ3n) is 5.56. The van der Waals surface area contributed by atoms with Crippen molar-refractivity contribution in [2.75, 3.05) is 20.8 Å². The summed E-state index contributed by atoms with van der Waals surface area (Å²) < 4.78 is 10.2. The first kappa shape index (κ1) is 20.7. The average Bonchev–Trinajstić information content (AvgIpc) is 3.24. The highest BCUT2D eigenvalue weighted by atomic mass is 16.5. The van der Waals surface area contributed by atoms with Crippen molar-refractivity contribution in [3.63, 3.8) is 0 Å². The van der Waals surface area contributed by atoms with Crippen LogP contribution in [0.25, 0.3) is 0 Å². The molecule has 8 nitrogen and oxygen atoms in total. The largest absolute Gasteiger partial charge is 0.497 e. The van der Waals surface area contributed by atoms with Gasteiger partial charge in [-0.15, -0.1) is 0 Å². The van der Waals surface area contributed by atoms with E-state index in [-0.39, 0.29) is 18.0 Å². The molecule has 0 saturated heterocycles. The molecule has 1 aliphatic rings. The number of methoxy groups -OCH3 is 2. The number of nitrogens with one attached hydrogen (secondary N) is 2. The Balaban J connectivity index is 1.91. The van der Waals surface area contributed by atoms with Crippen LogP contribution in [0.2, 0.25) is 0 Å². The van der Waals surface area contributed by atoms with E-state index in [2.05, 4.69) is 15.3 Å². The number of urea groups is 1. The Morgan fingerprint density at radius 3 is 2.66 bits per heavy atom. The van der Waals surface area contributed by atoms with Gasteiger partial charge in [-0.2, -0.15) is 0 Å². The van der Waals surface area contributed by atoms with Crippen LogP contribution in [0.3, 0.4) is 0 Å². The molecule has 29 heavy (non-hydrogen) atoms. The van der Waals surface area contributed by atoms with Gasteiger partial charge in [0.15, 0.2) is 0 Å². The molecule has 2 heterocycles. The molecule has 8 heteroatoms. The number of aromatic amines is 1. The number of fused-ring (bicyclic) bond motifs is 1. The molecule has 0 radical (unpaired) electrons. The SMILES string of the molecule is CC[C@@H](C)[C@@H](NC(=O)N1CCc2[nH]cnc2[C@@H]1c1ccc(OC)cc1)C(=O)OC. The zero-order valence-corrected chi connectivity index (χ0v) is 17.3. The van der Waals surface area contributed by atoms with Crippen molar-refractivity contribution in [1.82, 2.24) is 20.2 Å². The Hall–Kier alpha value is -3.03. The first-order valence-corrected chi connectivity index (χ1v) is 9.81. The lowest BCUT2D eigenvalue weighted by atomic mass is 9.95. The number of hydrogen-bond donors (Lipinski definition) is 2. The van der Waals surface area contributed by atoms with Gasteiger partial charge in [-0.25, -0.2) is 14.6 Å². The van der Waals surface area contributed by atoms with E-state index in [4.69, 9.17) is 9.47 Å². The lowest BCUT2D eigenvalue weighted by molar-refractivity contribution is -0.144. The van der Waals surface area contributed by atoms with E-state index >= 15 is 0 Å². The van der Waals surface area contributed by atoms with Crippen molar-refractivity contribution >= 4 is 12.0 Å². The molecule has 2 N–H and O–H groups in total. The van der Waals surface area contributed by atoms with Crippen LogP contribution in [0.15, 0.2) is 30.6 Å². The highest BCUT2D eigenvalue weighted by molar-refractivity contribution is 5.84. The number of ether oxygens (including phenoxy) is 2. The van der Waals surface area contributed by atoms with Crippen LogP contribution in [0.1, 0.15) is 43.3 Å². The molecule has 0 saturated carbocycles. The minimum absolute atomic E-state index is 0.0448. The molecule has 1 aromatic carbocycles. The van der Waals surface area contributed by atoms with Gasteiger partial charge < -0.3 is 24.7 Å². The van der Waals surface area contributed by atoms with Crippen molar-refractivity contribution in [2.24, 2.45) is 5.92 Å². The zero-order chi connectivity index (χ0) is 21.0. The molecular weight excluding hydrogens is 372 g/mol. The topological polar surface area (TPSA) is 96.5 Å². The molecule has 0 unspecified atom stereocenters. The fourth-order valence-corrected chi connectivity index (χ4v) is 3.63. The van der Waals surface area contributed by atoms with Gasteiger partial charge in [0, 0.05) is 18.7 Å². The highest BCUT2D eigenvalue weighted by Crippen LogP contribution is 2.34. The minimum atomic E-state index is -0.699. The monoisotopic (exact) mass is 400 g/mol. The summed E-state index contributed by atoms with van der Waals surface area (Å²) in [5.74, 6) is 0.257. The quantitative estimate of drug-likeness (QED) is 0.727. The number of benzene rings is 1. The molecule has 0 aliphatic carbocycles. The highest BCUT2D eigenvalue weighted by Gasteiger charge is 2.36. The summed E-state index contributed by atoms with van der Waals surface area (Å²) in [4.78, 5) is 34.8. The van der Waals surface area contributed by atoms with Crippen LogP contribution in [0.4, 0.5) is 4.79 Å². The number of rotatable bonds is 6. The molecule has 2 aromatic rings. The summed E-state index contributed by atoms with van der Waals surface area (Å²) in [6, 6.07) is 6.22. The Labute approximate surface area is 170 Å². The molecular formula is C21H28N4O4. The molecule has 0 spiro atoms. The molecule has 156 valence electrons. The van der Waals surface area contributed by atoms with Crippen molar-refractivity contribution in [3.05, 3.63) is 47.5 Å². The maximum Gasteiger partial charge on any atom is 0.328 e. The number of imidazole rings is 1. The summed E-state index contributed by atoms with van der Waals surface area (Å²) in [5, 5.41) is 2.88. The fourth-order valence-electron chi connectivity index (χ4n) is 3.63. The van der Waals surface area contributed by atoms with Gasteiger partial charge in [-0.1, -0.05) is 32.4 Å². The predicted molar refractivity (Wildman–Crippen MR) is 108 cm³/mol. The van der Waals surface area contributed by atoms with E-state index in [1.165, 1.54) is 7.11 Å². The standard InChI is InChI=1S/C21H28N4O4/c1-5-13(2)17(20(26)29-4)24-21(27)25-11-10-16-18(23-12-22-16)19(25)14-6-8-15(28-3)9-7-14/h6-9,12-13,17,19H,5,10-11H2,1-4H3,(H,22,23)(H,24,27)/t13-,17-,19+/m1/s1. The molecule has 3 atom stereocenters. The number of H-pyrrole nitrogens is 1. The molecule has 3 rings (SSSR count). The summed E-state index contributed by atoms with van der Waals surface area (Å²) in [6.07, 6.45) is 3.06. The number of amides is 2. The molecule has 0 bridgehead atoms. The number of carbonyl (C=O) groups excluding carboxylic acids is 2. The van der Waals surface area contributed by atoms with Crippen molar-refractivity contribution in [2.45, 2.75) is 38.8 Å². The number of hydrogen-bond acceptors (Lipinski definition) is 5. The lowest BCUT2D eigenvalue weighted by Gasteiger charge is -2.36. The van der Waals surface area contributed by atoms with Gasteiger partial charge in [-0.05, 0) is 23.6 Å². The zero-order valence-electron chi connectivity index (χ0n) is 17.3. The summed E-state index contributed by atoms with van der Waals surface area (Å²) >= 11 is 0. The number of carbonyl (C=O) groups is 2. The molecule has 0 fully saturated rings. The summed E-state index contributed by atoms with van der Waals surface area (Å²) in [5.41, 5.74) is 2.75. The van der Waals surface area contributed by atoms with Crippen LogP contribution in [-0.2, 0) is 16.0 Å². The van der Waals surface area contributed by atoms with Crippen LogP contribution in [0.5, 0.6) is 5.75 Å². The maximum absolute atomic E-state index is 13.2. The van der Waals surface area contributed by atoms with Crippen molar-refractivity contribution in [1.29, 1.82) is 0 Å². The van der Waals surface area contributed by atoms with E-state index in [0.717, 1.165) is 29.1 Å². The Bertz CT molecular complexity index is 849. The first-order chi connectivity index (χ1) is 14.0. The second-order valence-electron chi connectivity index (χ2n) is 7.22. The maximum atomic E-state index is 13.2. The number of nitrogens with zero attached hydrogens (tertiary/aromatic N) is 2. The molecule has 1 aromatic heterocycles.